The molecule has 1 heterocycles. The Morgan fingerprint density at radius 2 is 2.19 bits per heavy atom. The summed E-state index contributed by atoms with van der Waals surface area (Å²) in [5.74, 6) is 0. The van der Waals surface area contributed by atoms with Gasteiger partial charge in [0.05, 0.1) is 11.7 Å². The van der Waals surface area contributed by atoms with Gasteiger partial charge in [0.25, 0.3) is 0 Å². The number of rotatable bonds is 8. The van der Waals surface area contributed by atoms with E-state index in [9.17, 15) is 5.26 Å². The third-order valence-corrected chi connectivity index (χ3v) is 4.69. The Balaban J connectivity index is 2.46. The quantitative estimate of drug-likeness (QED) is 0.748. The van der Waals surface area contributed by atoms with E-state index in [0.29, 0.717) is 6.04 Å². The standard InChI is InChI=1S/C17H33N3O/c1-6-17(13-18,19-15(2)3)10-8-12-20-11-7-9-16(4,14-20)21-5/h15,19H,6-12,14H2,1-5H3. The summed E-state index contributed by atoms with van der Waals surface area (Å²) in [5.41, 5.74) is -0.361. The lowest BCUT2D eigenvalue weighted by molar-refractivity contribution is -0.0510. The lowest BCUT2D eigenvalue weighted by atomic mass is 9.90. The highest BCUT2D eigenvalue weighted by molar-refractivity contribution is 5.07. The zero-order chi connectivity index (χ0) is 15.9. The summed E-state index contributed by atoms with van der Waals surface area (Å²) in [6.45, 7) is 11.7. The van der Waals surface area contributed by atoms with Crippen molar-refractivity contribution in [3.63, 3.8) is 0 Å². The Hall–Kier alpha value is -0.630. The van der Waals surface area contributed by atoms with Crippen LogP contribution in [0.1, 0.15) is 59.8 Å². The Morgan fingerprint density at radius 3 is 2.71 bits per heavy atom. The fraction of sp³-hybridized carbons (Fsp3) is 0.941. The molecule has 0 aliphatic carbocycles. The molecular formula is C17H33N3O. The first-order chi connectivity index (χ1) is 9.88. The molecule has 2 atom stereocenters. The number of likely N-dealkylation sites (tertiary alicyclic amines) is 1. The van der Waals surface area contributed by atoms with Gasteiger partial charge < -0.3 is 9.64 Å². The third kappa shape index (κ3) is 5.58. The predicted molar refractivity (Wildman–Crippen MR) is 87.2 cm³/mol. The van der Waals surface area contributed by atoms with Crippen molar-refractivity contribution in [1.82, 2.24) is 10.2 Å². The molecule has 4 nitrogen and oxygen atoms in total. The molecule has 1 saturated heterocycles. The monoisotopic (exact) mass is 295 g/mol. The van der Waals surface area contributed by atoms with Crippen LogP contribution in [0.3, 0.4) is 0 Å². The predicted octanol–water partition coefficient (Wildman–Crippen LogP) is 2.94. The number of methoxy groups -OCH3 is 1. The molecule has 0 spiro atoms. The molecule has 21 heavy (non-hydrogen) atoms. The van der Waals surface area contributed by atoms with Gasteiger partial charge in [0, 0.05) is 19.7 Å². The highest BCUT2D eigenvalue weighted by Gasteiger charge is 2.32. The van der Waals surface area contributed by atoms with Crippen LogP contribution in [0.5, 0.6) is 0 Å². The summed E-state index contributed by atoms with van der Waals surface area (Å²) in [7, 11) is 1.81. The van der Waals surface area contributed by atoms with Crippen LogP contribution in [0, 0.1) is 11.3 Å². The Labute approximate surface area is 130 Å². The summed E-state index contributed by atoms with van der Waals surface area (Å²) in [6, 6.07) is 2.85. The number of nitriles is 1. The molecule has 2 unspecified atom stereocenters. The first-order valence-electron chi connectivity index (χ1n) is 8.35. The van der Waals surface area contributed by atoms with Crippen LogP contribution in [0.15, 0.2) is 0 Å². The number of ether oxygens (including phenoxy) is 1. The largest absolute Gasteiger partial charge is 0.377 e. The third-order valence-electron chi connectivity index (χ3n) is 4.69. The van der Waals surface area contributed by atoms with Gasteiger partial charge in [0.2, 0.25) is 0 Å². The average Bonchev–Trinajstić information content (AvgIpc) is 2.46. The molecule has 1 fully saturated rings. The van der Waals surface area contributed by atoms with E-state index in [-0.39, 0.29) is 11.1 Å². The molecule has 1 aliphatic heterocycles. The van der Waals surface area contributed by atoms with Crippen molar-refractivity contribution in [2.24, 2.45) is 0 Å². The van der Waals surface area contributed by atoms with Crippen molar-refractivity contribution < 1.29 is 4.74 Å². The van der Waals surface area contributed by atoms with Crippen molar-refractivity contribution >= 4 is 0 Å². The molecule has 1 aliphatic rings. The highest BCUT2D eigenvalue weighted by Crippen LogP contribution is 2.25. The summed E-state index contributed by atoms with van der Waals surface area (Å²) < 4.78 is 5.64. The van der Waals surface area contributed by atoms with Crippen molar-refractivity contribution in [1.29, 1.82) is 5.26 Å². The molecule has 1 rings (SSSR count). The van der Waals surface area contributed by atoms with E-state index < -0.39 is 0 Å². The van der Waals surface area contributed by atoms with Crippen LogP contribution in [0.2, 0.25) is 0 Å². The number of nitrogens with one attached hydrogen (secondary N) is 1. The number of hydrogen-bond donors (Lipinski definition) is 1. The maximum absolute atomic E-state index is 9.54. The van der Waals surface area contributed by atoms with Gasteiger partial charge in [-0.3, -0.25) is 5.32 Å². The number of nitrogens with zero attached hydrogens (tertiary/aromatic N) is 2. The van der Waals surface area contributed by atoms with Gasteiger partial charge in [-0.1, -0.05) is 6.92 Å². The molecule has 0 bridgehead atoms. The fourth-order valence-corrected chi connectivity index (χ4v) is 3.34. The van der Waals surface area contributed by atoms with E-state index >= 15 is 0 Å². The summed E-state index contributed by atoms with van der Waals surface area (Å²) in [4.78, 5) is 2.49. The number of hydrogen-bond acceptors (Lipinski definition) is 4. The molecule has 0 aromatic carbocycles. The molecule has 1 N–H and O–H groups in total. The van der Waals surface area contributed by atoms with Gasteiger partial charge in [-0.2, -0.15) is 5.26 Å². The zero-order valence-electron chi connectivity index (χ0n) is 14.5. The zero-order valence-corrected chi connectivity index (χ0v) is 14.5. The SMILES string of the molecule is CCC(C#N)(CCCN1CCCC(C)(OC)C1)NC(C)C. The molecule has 0 radical (unpaired) electrons. The maximum atomic E-state index is 9.54. The van der Waals surface area contributed by atoms with Gasteiger partial charge in [0.1, 0.15) is 5.54 Å². The van der Waals surface area contributed by atoms with E-state index in [0.717, 1.165) is 45.3 Å². The van der Waals surface area contributed by atoms with Crippen LogP contribution < -0.4 is 5.32 Å². The van der Waals surface area contributed by atoms with E-state index in [1.807, 2.05) is 7.11 Å². The summed E-state index contributed by atoms with van der Waals surface area (Å²) >= 11 is 0. The van der Waals surface area contributed by atoms with E-state index in [1.165, 1.54) is 6.42 Å². The minimum atomic E-state index is -0.367. The molecule has 0 saturated carbocycles. The second kappa shape index (κ2) is 8.12. The smallest absolute Gasteiger partial charge is 0.106 e. The highest BCUT2D eigenvalue weighted by atomic mass is 16.5. The molecule has 0 aromatic rings. The maximum Gasteiger partial charge on any atom is 0.106 e. The van der Waals surface area contributed by atoms with E-state index in [2.05, 4.69) is 44.0 Å². The number of piperidine rings is 1. The van der Waals surface area contributed by atoms with Crippen molar-refractivity contribution in [3.8, 4) is 6.07 Å². The molecule has 4 heteroatoms. The van der Waals surface area contributed by atoms with Crippen molar-refractivity contribution in [2.75, 3.05) is 26.7 Å². The van der Waals surface area contributed by atoms with Crippen LogP contribution in [0.4, 0.5) is 0 Å². The van der Waals surface area contributed by atoms with Gasteiger partial charge in [0.15, 0.2) is 0 Å². The van der Waals surface area contributed by atoms with Crippen molar-refractivity contribution in [2.45, 2.75) is 77.0 Å². The molecular weight excluding hydrogens is 262 g/mol. The lowest BCUT2D eigenvalue weighted by Gasteiger charge is -2.40. The Morgan fingerprint density at radius 1 is 1.48 bits per heavy atom. The Kier molecular flexibility index (Phi) is 7.12. The average molecular weight is 295 g/mol. The van der Waals surface area contributed by atoms with Crippen LogP contribution >= 0.6 is 0 Å². The van der Waals surface area contributed by atoms with E-state index in [1.54, 1.807) is 0 Å². The van der Waals surface area contributed by atoms with Gasteiger partial charge >= 0.3 is 0 Å². The normalized spacial score (nSPS) is 26.5. The van der Waals surface area contributed by atoms with Crippen LogP contribution in [0.25, 0.3) is 0 Å². The minimum Gasteiger partial charge on any atom is -0.377 e. The van der Waals surface area contributed by atoms with Gasteiger partial charge in [-0.05, 0) is 66.0 Å². The first kappa shape index (κ1) is 18.4. The topological polar surface area (TPSA) is 48.3 Å². The van der Waals surface area contributed by atoms with Gasteiger partial charge in [-0.25, -0.2) is 0 Å². The molecule has 122 valence electrons. The fourth-order valence-electron chi connectivity index (χ4n) is 3.34. The lowest BCUT2D eigenvalue weighted by Crippen LogP contribution is -2.49. The minimum absolute atomic E-state index is 0.00546. The second-order valence-electron chi connectivity index (χ2n) is 6.98. The summed E-state index contributed by atoms with van der Waals surface area (Å²) in [6.07, 6.45) is 5.18. The molecule has 0 aromatic heterocycles. The summed E-state index contributed by atoms with van der Waals surface area (Å²) in [5, 5.41) is 13.0. The van der Waals surface area contributed by atoms with Crippen LogP contribution in [-0.4, -0.2) is 48.8 Å². The van der Waals surface area contributed by atoms with Crippen LogP contribution in [-0.2, 0) is 4.74 Å². The first-order valence-corrected chi connectivity index (χ1v) is 8.35. The Bertz CT molecular complexity index is 352. The van der Waals surface area contributed by atoms with E-state index in [4.69, 9.17) is 4.74 Å². The second-order valence-corrected chi connectivity index (χ2v) is 6.98. The van der Waals surface area contributed by atoms with Crippen molar-refractivity contribution in [3.05, 3.63) is 0 Å². The van der Waals surface area contributed by atoms with Gasteiger partial charge in [-0.15, -0.1) is 0 Å². The molecule has 0 amide bonds.